The van der Waals surface area contributed by atoms with Gasteiger partial charge in [0.2, 0.25) is 0 Å². The van der Waals surface area contributed by atoms with Crippen molar-refractivity contribution in [3.63, 3.8) is 0 Å². The zero-order chi connectivity index (χ0) is 9.52. The molecule has 0 bridgehead atoms. The molecule has 13 heavy (non-hydrogen) atoms. The molecule has 0 atom stereocenters. The number of hydrogen-bond acceptors (Lipinski definition) is 4. The Labute approximate surface area is 89.6 Å². The van der Waals surface area contributed by atoms with Gasteiger partial charge < -0.3 is 0 Å². The van der Waals surface area contributed by atoms with Gasteiger partial charge in [0.05, 0.1) is 0 Å². The second kappa shape index (κ2) is 6.14. The Bertz CT molecular complexity index is 325. The van der Waals surface area contributed by atoms with Crippen molar-refractivity contribution in [2.45, 2.75) is 0 Å². The van der Waals surface area contributed by atoms with Crippen LogP contribution in [0.25, 0.3) is 0 Å². The normalized spacial score (nSPS) is 9.85. The molecule has 0 saturated carbocycles. The average molecular weight is 320 g/mol. The Kier molecular flexibility index (Phi) is 5.06. The van der Waals surface area contributed by atoms with E-state index in [-0.39, 0.29) is 0 Å². The third-order valence-electron chi connectivity index (χ3n) is 1.12. The molecule has 1 aromatic rings. The van der Waals surface area contributed by atoms with Crippen molar-refractivity contribution in [1.29, 1.82) is 10.5 Å². The number of rotatable bonds is 3. The van der Waals surface area contributed by atoms with E-state index in [0.29, 0.717) is 0 Å². The van der Waals surface area contributed by atoms with E-state index < -0.39 is 17.0 Å². The van der Waals surface area contributed by atoms with Crippen LogP contribution < -0.4 is 0 Å². The summed E-state index contributed by atoms with van der Waals surface area (Å²) < 4.78 is 1.16. The van der Waals surface area contributed by atoms with Crippen molar-refractivity contribution in [1.82, 2.24) is 0 Å². The van der Waals surface area contributed by atoms with Crippen LogP contribution in [0.5, 0.6) is 0 Å². The van der Waals surface area contributed by atoms with E-state index in [4.69, 9.17) is 10.5 Å². The fraction of sp³-hybridized carbons (Fsp3) is 0. The molecule has 0 spiro atoms. The second-order valence-electron chi connectivity index (χ2n) is 1.85. The number of hydrogen-bond donors (Lipinski definition) is 0. The summed E-state index contributed by atoms with van der Waals surface area (Å²) in [5.74, 6) is 0. The Balaban J connectivity index is 2.78. The van der Waals surface area contributed by atoms with Gasteiger partial charge in [-0.05, 0) is 0 Å². The molecule has 0 radical (unpaired) electrons. The first-order valence-electron chi connectivity index (χ1n) is 3.26. The Hall–Kier alpha value is -0.370. The van der Waals surface area contributed by atoms with Gasteiger partial charge in [0, 0.05) is 0 Å². The number of nitrogens with zero attached hydrogens (tertiary/aromatic N) is 2. The van der Waals surface area contributed by atoms with Crippen molar-refractivity contribution < 1.29 is 0 Å². The number of halogens is 1. The van der Waals surface area contributed by atoms with Crippen LogP contribution in [0.1, 0.15) is 0 Å². The third kappa shape index (κ3) is 3.47. The maximum absolute atomic E-state index is 8.55. The van der Waals surface area contributed by atoms with Crippen LogP contribution in [-0.4, -0.2) is 0 Å². The molecule has 0 aliphatic rings. The van der Waals surface area contributed by atoms with Crippen LogP contribution in [-0.2, 0) is 0 Å². The fourth-order valence-corrected chi connectivity index (χ4v) is 8.04. The van der Waals surface area contributed by atoms with Gasteiger partial charge in [-0.3, -0.25) is 0 Å². The molecule has 66 valence electrons. The first kappa shape index (κ1) is 10.7. The number of nitriles is 2. The molecule has 2 nitrogen and oxygen atoms in total. The summed E-state index contributed by atoms with van der Waals surface area (Å²) in [5.41, 5.74) is 0. The van der Waals surface area contributed by atoms with Gasteiger partial charge in [0.15, 0.2) is 0 Å². The summed E-state index contributed by atoms with van der Waals surface area (Å²) in [5, 5.41) is 21.2. The molecule has 0 fully saturated rings. The summed E-state index contributed by atoms with van der Waals surface area (Å²) in [6.07, 6.45) is 0. The van der Waals surface area contributed by atoms with E-state index in [1.165, 1.54) is 17.9 Å². The topological polar surface area (TPSA) is 47.6 Å². The van der Waals surface area contributed by atoms with Gasteiger partial charge in [-0.1, -0.05) is 0 Å². The Morgan fingerprint density at radius 3 is 2.00 bits per heavy atom. The summed E-state index contributed by atoms with van der Waals surface area (Å²) in [4.78, 5) is 0. The van der Waals surface area contributed by atoms with E-state index in [2.05, 4.69) is 10.8 Å². The van der Waals surface area contributed by atoms with Gasteiger partial charge in [-0.2, -0.15) is 0 Å². The van der Waals surface area contributed by atoms with Crippen LogP contribution in [0.3, 0.4) is 0 Å². The van der Waals surface area contributed by atoms with E-state index in [9.17, 15) is 0 Å². The first-order chi connectivity index (χ1) is 6.38. The summed E-state index contributed by atoms with van der Waals surface area (Å²) in [6, 6.07) is 9.79. The van der Waals surface area contributed by atoms with Crippen molar-refractivity contribution >= 4 is 34.9 Å². The molecule has 0 heterocycles. The van der Waals surface area contributed by atoms with E-state index >= 15 is 0 Å². The van der Waals surface area contributed by atoms with Crippen LogP contribution >= 0.6 is 34.9 Å². The molecule has 0 aliphatic carbocycles. The first-order valence-corrected chi connectivity index (χ1v) is 11.1. The number of benzene rings is 1. The molecular weight excluding hydrogens is 315 g/mol. The minimum absolute atomic E-state index is 1.16. The van der Waals surface area contributed by atoms with Gasteiger partial charge in [0.25, 0.3) is 0 Å². The molecule has 0 aromatic heterocycles. The summed E-state index contributed by atoms with van der Waals surface area (Å²) in [7, 11) is 2.51. The van der Waals surface area contributed by atoms with Crippen molar-refractivity contribution in [3.05, 3.63) is 33.9 Å². The second-order valence-corrected chi connectivity index (χ2v) is 13.1. The Morgan fingerprint density at radius 1 is 1.00 bits per heavy atom. The molecule has 0 saturated heterocycles. The van der Waals surface area contributed by atoms with Crippen LogP contribution in [0, 0.1) is 24.9 Å². The summed E-state index contributed by atoms with van der Waals surface area (Å²) in [6.45, 7) is 0. The molecule has 5 heteroatoms. The van der Waals surface area contributed by atoms with E-state index in [1.54, 1.807) is 0 Å². The average Bonchev–Trinajstić information content (AvgIpc) is 2.19. The minimum atomic E-state index is -1.66. The molecule has 1 aromatic carbocycles. The monoisotopic (exact) mass is 320 g/mol. The van der Waals surface area contributed by atoms with E-state index in [1.807, 2.05) is 30.3 Å². The standard InChI is InChI=1S/C8H5IN2S2/c10-6-12-9(13-7-11)8-4-2-1-3-5-8/h1-5H. The van der Waals surface area contributed by atoms with Crippen molar-refractivity contribution in [2.24, 2.45) is 0 Å². The van der Waals surface area contributed by atoms with Crippen LogP contribution in [0.4, 0.5) is 0 Å². The van der Waals surface area contributed by atoms with Crippen LogP contribution in [0.15, 0.2) is 30.3 Å². The molecular formula is C8H5IN2S2. The zero-order valence-electron chi connectivity index (χ0n) is 6.48. The predicted octanol–water partition coefficient (Wildman–Crippen LogP) is 3.62. The SMILES string of the molecule is N#CSI(SC#N)c1ccccc1. The zero-order valence-corrected chi connectivity index (χ0v) is 10.3. The van der Waals surface area contributed by atoms with Crippen molar-refractivity contribution in [2.75, 3.05) is 0 Å². The Morgan fingerprint density at radius 2 is 1.54 bits per heavy atom. The van der Waals surface area contributed by atoms with Crippen LogP contribution in [0.2, 0.25) is 0 Å². The molecule has 0 amide bonds. The predicted molar refractivity (Wildman–Crippen MR) is 65.6 cm³/mol. The van der Waals surface area contributed by atoms with E-state index in [0.717, 1.165) is 3.57 Å². The van der Waals surface area contributed by atoms with Gasteiger partial charge in [-0.15, -0.1) is 0 Å². The van der Waals surface area contributed by atoms with Gasteiger partial charge in [0.1, 0.15) is 0 Å². The number of thiocyanates is 2. The van der Waals surface area contributed by atoms with Gasteiger partial charge >= 0.3 is 90.1 Å². The summed E-state index contributed by atoms with van der Waals surface area (Å²) >= 11 is -1.66. The quantitative estimate of drug-likeness (QED) is 0.630. The molecule has 1 rings (SSSR count). The van der Waals surface area contributed by atoms with Crippen molar-refractivity contribution in [3.8, 4) is 10.8 Å². The fourth-order valence-electron chi connectivity index (χ4n) is 0.685. The molecule has 0 N–H and O–H groups in total. The third-order valence-corrected chi connectivity index (χ3v) is 11.8. The molecule has 0 unspecified atom stereocenters. The maximum atomic E-state index is 8.55. The van der Waals surface area contributed by atoms with Gasteiger partial charge in [-0.25, -0.2) is 0 Å². The molecule has 0 aliphatic heterocycles.